The van der Waals surface area contributed by atoms with Gasteiger partial charge in [0.2, 0.25) is 0 Å². The quantitative estimate of drug-likeness (QED) is 0.758. The Morgan fingerprint density at radius 1 is 1.41 bits per heavy atom. The number of carboxylic acid groups (broad SMARTS) is 1. The molecule has 1 rings (SSSR count). The molecule has 0 saturated carbocycles. The lowest BCUT2D eigenvalue weighted by Gasteiger charge is -2.15. The van der Waals surface area contributed by atoms with Crippen LogP contribution < -0.4 is 0 Å². The van der Waals surface area contributed by atoms with Gasteiger partial charge in [0.25, 0.3) is 0 Å². The third-order valence-electron chi connectivity index (χ3n) is 2.82. The molecule has 0 atom stereocenters. The van der Waals surface area contributed by atoms with Crippen LogP contribution in [0.15, 0.2) is 5.16 Å². The Labute approximate surface area is 106 Å². The third-order valence-corrected chi connectivity index (χ3v) is 3.77. The Bertz CT molecular complexity index is 375. The summed E-state index contributed by atoms with van der Waals surface area (Å²) in [6.45, 7) is 7.10. The van der Waals surface area contributed by atoms with E-state index in [1.165, 1.54) is 11.8 Å². The van der Waals surface area contributed by atoms with Crippen LogP contribution in [0.2, 0.25) is 0 Å². The van der Waals surface area contributed by atoms with Gasteiger partial charge in [0.1, 0.15) is 5.82 Å². The van der Waals surface area contributed by atoms with Crippen molar-refractivity contribution in [2.75, 3.05) is 5.75 Å². The fourth-order valence-corrected chi connectivity index (χ4v) is 2.32. The first-order valence-electron chi connectivity index (χ1n) is 5.82. The van der Waals surface area contributed by atoms with Gasteiger partial charge >= 0.3 is 5.97 Å². The van der Waals surface area contributed by atoms with Crippen LogP contribution in [0.1, 0.15) is 32.5 Å². The van der Waals surface area contributed by atoms with E-state index in [-0.39, 0.29) is 5.75 Å². The highest BCUT2D eigenvalue weighted by Crippen LogP contribution is 2.20. The molecule has 0 saturated heterocycles. The lowest BCUT2D eigenvalue weighted by molar-refractivity contribution is -0.133. The molecule has 1 aromatic rings. The van der Waals surface area contributed by atoms with Gasteiger partial charge in [0, 0.05) is 6.54 Å². The van der Waals surface area contributed by atoms with Gasteiger partial charge in [0.15, 0.2) is 5.16 Å². The molecule has 0 aromatic carbocycles. The molecule has 0 spiro atoms. The lowest BCUT2D eigenvalue weighted by Crippen LogP contribution is -2.12. The Hall–Kier alpha value is -1.04. The minimum absolute atomic E-state index is 0.0288. The first-order valence-corrected chi connectivity index (χ1v) is 6.81. The Morgan fingerprint density at radius 2 is 2.06 bits per heavy atom. The zero-order valence-corrected chi connectivity index (χ0v) is 11.3. The number of nitrogens with zero attached hydrogens (tertiary/aromatic N) is 3. The van der Waals surface area contributed by atoms with Crippen LogP contribution in [0.5, 0.6) is 0 Å². The highest BCUT2D eigenvalue weighted by Gasteiger charge is 2.14. The summed E-state index contributed by atoms with van der Waals surface area (Å²) in [5.41, 5.74) is 0. The van der Waals surface area contributed by atoms with Crippen molar-refractivity contribution in [1.29, 1.82) is 0 Å². The van der Waals surface area contributed by atoms with Gasteiger partial charge in [-0.05, 0) is 12.8 Å². The van der Waals surface area contributed by atoms with Gasteiger partial charge in [-0.2, -0.15) is 0 Å². The van der Waals surface area contributed by atoms with E-state index >= 15 is 0 Å². The smallest absolute Gasteiger partial charge is 0.313 e. The maximum Gasteiger partial charge on any atom is 0.313 e. The average molecular weight is 257 g/mol. The molecule has 5 nitrogen and oxygen atoms in total. The molecule has 6 heteroatoms. The van der Waals surface area contributed by atoms with Crippen LogP contribution in [-0.4, -0.2) is 31.6 Å². The Morgan fingerprint density at radius 3 is 2.59 bits per heavy atom. The van der Waals surface area contributed by atoms with E-state index in [2.05, 4.69) is 24.0 Å². The minimum Gasteiger partial charge on any atom is -0.481 e. The van der Waals surface area contributed by atoms with E-state index in [0.29, 0.717) is 11.1 Å². The zero-order valence-electron chi connectivity index (χ0n) is 10.5. The van der Waals surface area contributed by atoms with Crippen LogP contribution in [0.25, 0.3) is 0 Å². The summed E-state index contributed by atoms with van der Waals surface area (Å²) in [6.07, 6.45) is 2.22. The van der Waals surface area contributed by atoms with Crippen molar-refractivity contribution in [1.82, 2.24) is 14.8 Å². The van der Waals surface area contributed by atoms with Crippen LogP contribution in [0.4, 0.5) is 0 Å². The molecule has 1 heterocycles. The van der Waals surface area contributed by atoms with E-state index in [9.17, 15) is 4.79 Å². The summed E-state index contributed by atoms with van der Waals surface area (Å²) >= 11 is 1.23. The monoisotopic (exact) mass is 257 g/mol. The number of rotatable bonds is 7. The summed E-state index contributed by atoms with van der Waals surface area (Å²) in [5, 5.41) is 17.4. The summed E-state index contributed by atoms with van der Waals surface area (Å²) < 4.78 is 2.02. The molecule has 0 aliphatic rings. The largest absolute Gasteiger partial charge is 0.481 e. The first kappa shape index (κ1) is 14.0. The van der Waals surface area contributed by atoms with Crippen molar-refractivity contribution in [3.05, 3.63) is 5.82 Å². The number of hydrogen-bond acceptors (Lipinski definition) is 4. The van der Waals surface area contributed by atoms with E-state index < -0.39 is 5.97 Å². The number of carboxylic acids is 1. The van der Waals surface area contributed by atoms with Gasteiger partial charge in [0.05, 0.1) is 5.75 Å². The van der Waals surface area contributed by atoms with Crippen LogP contribution in [0.3, 0.4) is 0 Å². The zero-order chi connectivity index (χ0) is 12.8. The maximum absolute atomic E-state index is 10.5. The SMILES string of the molecule is CCC(CC)Cn1c(C)nnc1SCC(=O)O. The third kappa shape index (κ3) is 4.03. The Balaban J connectivity index is 2.75. The fraction of sp³-hybridized carbons (Fsp3) is 0.727. The summed E-state index contributed by atoms with van der Waals surface area (Å²) in [7, 11) is 0. The molecule has 1 aromatic heterocycles. The standard InChI is InChI=1S/C11H19N3O2S/c1-4-9(5-2)6-14-8(3)12-13-11(14)17-7-10(15)16/h9H,4-7H2,1-3H3,(H,15,16). The molecule has 0 aliphatic heterocycles. The van der Waals surface area contributed by atoms with Gasteiger partial charge < -0.3 is 9.67 Å². The van der Waals surface area contributed by atoms with Gasteiger partial charge in [-0.3, -0.25) is 4.79 Å². The van der Waals surface area contributed by atoms with E-state index in [1.54, 1.807) is 0 Å². The number of hydrogen-bond donors (Lipinski definition) is 1. The second-order valence-corrected chi connectivity index (χ2v) is 4.95. The topological polar surface area (TPSA) is 68.0 Å². The van der Waals surface area contributed by atoms with Crippen molar-refractivity contribution < 1.29 is 9.90 Å². The predicted octanol–water partition coefficient (Wildman–Crippen LogP) is 2.20. The van der Waals surface area contributed by atoms with Gasteiger partial charge in [-0.15, -0.1) is 10.2 Å². The number of thioether (sulfide) groups is 1. The minimum atomic E-state index is -0.829. The predicted molar refractivity (Wildman–Crippen MR) is 67.2 cm³/mol. The lowest BCUT2D eigenvalue weighted by atomic mass is 10.0. The molecule has 0 radical (unpaired) electrons. The fourth-order valence-electron chi connectivity index (χ4n) is 1.61. The highest BCUT2D eigenvalue weighted by atomic mass is 32.2. The van der Waals surface area contributed by atoms with Crippen molar-refractivity contribution >= 4 is 17.7 Å². The molecular weight excluding hydrogens is 238 g/mol. The number of aromatic nitrogens is 3. The first-order chi connectivity index (χ1) is 8.08. The summed E-state index contributed by atoms with van der Waals surface area (Å²) in [5.74, 6) is 0.643. The maximum atomic E-state index is 10.5. The van der Waals surface area contributed by atoms with Crippen molar-refractivity contribution in [2.24, 2.45) is 5.92 Å². The van der Waals surface area contributed by atoms with E-state index in [1.807, 2.05) is 11.5 Å². The molecule has 0 amide bonds. The highest BCUT2D eigenvalue weighted by molar-refractivity contribution is 7.99. The van der Waals surface area contributed by atoms with Crippen molar-refractivity contribution in [2.45, 2.75) is 45.3 Å². The van der Waals surface area contributed by atoms with Gasteiger partial charge in [-0.1, -0.05) is 38.5 Å². The molecule has 0 aliphatic carbocycles. The number of carbonyl (C=O) groups is 1. The van der Waals surface area contributed by atoms with Crippen LogP contribution >= 0.6 is 11.8 Å². The second kappa shape index (κ2) is 6.64. The normalized spacial score (nSPS) is 11.1. The molecular formula is C11H19N3O2S. The molecule has 1 N–H and O–H groups in total. The van der Waals surface area contributed by atoms with Crippen LogP contribution in [0, 0.1) is 12.8 Å². The van der Waals surface area contributed by atoms with E-state index in [4.69, 9.17) is 5.11 Å². The summed E-state index contributed by atoms with van der Waals surface area (Å²) in [4.78, 5) is 10.5. The number of aliphatic carboxylic acids is 1. The molecule has 0 unspecified atom stereocenters. The van der Waals surface area contributed by atoms with Crippen molar-refractivity contribution in [3.63, 3.8) is 0 Å². The summed E-state index contributed by atoms with van der Waals surface area (Å²) in [6, 6.07) is 0. The second-order valence-electron chi connectivity index (χ2n) is 4.01. The Kier molecular flexibility index (Phi) is 5.47. The molecule has 96 valence electrons. The van der Waals surface area contributed by atoms with Gasteiger partial charge in [-0.25, -0.2) is 0 Å². The molecule has 0 fully saturated rings. The van der Waals surface area contributed by atoms with Crippen LogP contribution in [-0.2, 0) is 11.3 Å². The molecule has 17 heavy (non-hydrogen) atoms. The average Bonchev–Trinajstić information content (AvgIpc) is 2.64. The van der Waals surface area contributed by atoms with Crippen molar-refractivity contribution in [3.8, 4) is 0 Å². The van der Waals surface area contributed by atoms with E-state index in [0.717, 1.165) is 25.2 Å². The number of aryl methyl sites for hydroxylation is 1. The molecule has 0 bridgehead atoms.